The molecule has 2 amide bonds. The molecule has 0 saturated heterocycles. The van der Waals surface area contributed by atoms with Crippen molar-refractivity contribution in [1.29, 1.82) is 0 Å². The molecule has 2 heterocycles. The predicted octanol–water partition coefficient (Wildman–Crippen LogP) is 5.56. The second-order valence-corrected chi connectivity index (χ2v) is 10.0. The Labute approximate surface area is 217 Å². The summed E-state index contributed by atoms with van der Waals surface area (Å²) in [5, 5.41) is 4.04. The van der Waals surface area contributed by atoms with Crippen LogP contribution >= 0.6 is 22.9 Å². The van der Waals surface area contributed by atoms with Gasteiger partial charge in [0, 0.05) is 21.2 Å². The number of amides is 2. The molecule has 0 atom stereocenters. The van der Waals surface area contributed by atoms with Crippen molar-refractivity contribution >= 4 is 62.8 Å². The summed E-state index contributed by atoms with van der Waals surface area (Å²) in [6.07, 6.45) is 3.72. The normalized spacial score (nSPS) is 15.6. The van der Waals surface area contributed by atoms with Crippen LogP contribution in [0.15, 0.2) is 53.5 Å². The van der Waals surface area contributed by atoms with Crippen LogP contribution in [0.3, 0.4) is 0 Å². The molecule has 1 N–H and O–H groups in total. The van der Waals surface area contributed by atoms with E-state index in [1.54, 1.807) is 43.3 Å². The number of ether oxygens (including phenoxy) is 1. The van der Waals surface area contributed by atoms with Crippen molar-refractivity contribution in [1.82, 2.24) is 0 Å². The van der Waals surface area contributed by atoms with Gasteiger partial charge in [0.05, 0.1) is 17.9 Å². The van der Waals surface area contributed by atoms with Crippen LogP contribution < -0.4 is 10.2 Å². The molecule has 0 bridgehead atoms. The monoisotopic (exact) mass is 521 g/mol. The van der Waals surface area contributed by atoms with Gasteiger partial charge in [0.25, 0.3) is 11.8 Å². The maximum atomic E-state index is 13.5. The predicted molar refractivity (Wildman–Crippen MR) is 142 cm³/mol. The third kappa shape index (κ3) is 4.66. The van der Waals surface area contributed by atoms with Gasteiger partial charge >= 0.3 is 5.97 Å². The molecule has 0 fully saturated rings. The molecule has 3 aromatic rings. The van der Waals surface area contributed by atoms with E-state index in [4.69, 9.17) is 21.3 Å². The van der Waals surface area contributed by atoms with Crippen molar-refractivity contribution in [3.63, 3.8) is 0 Å². The number of aliphatic imine (C=N–C) groups is 1. The standard InChI is InChI=1S/C27H24ClN3O4S/c1-2-35-22(32)15-31-20-9-5-3-7-18(20)24(27(31)34)30-26-23(19-8-4-6-10-21(19)36-26)25(33)29-17-13-11-16(28)12-14-17/h3,5,7,9,11-14H,2,4,6,8,10,15H2,1H3,(H,29,33). The Bertz CT molecular complexity index is 1380. The number of anilines is 2. The average molecular weight is 522 g/mol. The van der Waals surface area contributed by atoms with Gasteiger partial charge in [-0.25, -0.2) is 4.99 Å². The minimum Gasteiger partial charge on any atom is -0.465 e. The Balaban J connectivity index is 1.55. The summed E-state index contributed by atoms with van der Waals surface area (Å²) in [6, 6.07) is 14.1. The first-order valence-electron chi connectivity index (χ1n) is 11.8. The number of nitrogens with one attached hydrogen (secondary N) is 1. The number of rotatable bonds is 6. The summed E-state index contributed by atoms with van der Waals surface area (Å²) in [5.41, 5.74) is 3.58. The minimum absolute atomic E-state index is 0.201. The van der Waals surface area contributed by atoms with Crippen LogP contribution in [-0.4, -0.2) is 36.6 Å². The molecule has 36 heavy (non-hydrogen) atoms. The number of nitrogens with zero attached hydrogens (tertiary/aromatic N) is 2. The molecule has 1 aliphatic carbocycles. The number of esters is 1. The van der Waals surface area contributed by atoms with E-state index >= 15 is 0 Å². The lowest BCUT2D eigenvalue weighted by Gasteiger charge is -2.15. The highest BCUT2D eigenvalue weighted by atomic mass is 35.5. The van der Waals surface area contributed by atoms with E-state index in [9.17, 15) is 14.4 Å². The van der Waals surface area contributed by atoms with E-state index in [0.29, 0.717) is 32.5 Å². The van der Waals surface area contributed by atoms with Gasteiger partial charge in [0.2, 0.25) is 0 Å². The van der Waals surface area contributed by atoms with Crippen LogP contribution in [0.2, 0.25) is 5.02 Å². The van der Waals surface area contributed by atoms with Crippen molar-refractivity contribution < 1.29 is 19.1 Å². The molecule has 0 spiro atoms. The fourth-order valence-corrected chi connectivity index (χ4v) is 5.94. The number of thiophene rings is 1. The minimum atomic E-state index is -0.489. The number of carbonyl (C=O) groups is 3. The van der Waals surface area contributed by atoms with E-state index in [1.165, 1.54) is 16.2 Å². The number of benzene rings is 2. The molecule has 9 heteroatoms. The van der Waals surface area contributed by atoms with Gasteiger partial charge in [-0.2, -0.15) is 0 Å². The fraction of sp³-hybridized carbons (Fsp3) is 0.259. The SMILES string of the molecule is CCOC(=O)CN1C(=O)C(=Nc2sc3c(c2C(=O)Nc2ccc(Cl)cc2)CCCC3)c2ccccc21. The van der Waals surface area contributed by atoms with Gasteiger partial charge < -0.3 is 10.1 Å². The molecule has 2 aliphatic rings. The molecule has 184 valence electrons. The summed E-state index contributed by atoms with van der Waals surface area (Å²) < 4.78 is 5.06. The molecule has 0 radical (unpaired) electrons. The first-order valence-corrected chi connectivity index (χ1v) is 13.0. The summed E-state index contributed by atoms with van der Waals surface area (Å²) in [7, 11) is 0. The van der Waals surface area contributed by atoms with E-state index in [-0.39, 0.29) is 30.7 Å². The lowest BCUT2D eigenvalue weighted by molar-refractivity contribution is -0.142. The molecule has 5 rings (SSSR count). The van der Waals surface area contributed by atoms with Gasteiger partial charge in [-0.3, -0.25) is 19.3 Å². The summed E-state index contributed by atoms with van der Waals surface area (Å²) in [6.45, 7) is 1.75. The largest absolute Gasteiger partial charge is 0.465 e. The van der Waals surface area contributed by atoms with E-state index in [2.05, 4.69) is 5.32 Å². The molecule has 1 aliphatic heterocycles. The number of hydrogen-bond donors (Lipinski definition) is 1. The smallest absolute Gasteiger partial charge is 0.326 e. The van der Waals surface area contributed by atoms with Crippen molar-refractivity contribution in [3.8, 4) is 0 Å². The quantitative estimate of drug-likeness (QED) is 0.430. The zero-order valence-electron chi connectivity index (χ0n) is 19.7. The van der Waals surface area contributed by atoms with Gasteiger partial charge in [0.1, 0.15) is 17.3 Å². The molecule has 7 nitrogen and oxygen atoms in total. The molecule has 2 aromatic carbocycles. The van der Waals surface area contributed by atoms with Crippen molar-refractivity contribution in [2.75, 3.05) is 23.4 Å². The lowest BCUT2D eigenvalue weighted by Crippen LogP contribution is -2.35. The topological polar surface area (TPSA) is 88.1 Å². The number of aryl methyl sites for hydroxylation is 1. The second-order valence-electron chi connectivity index (χ2n) is 8.53. The van der Waals surface area contributed by atoms with Gasteiger partial charge in [-0.1, -0.05) is 29.8 Å². The van der Waals surface area contributed by atoms with Crippen LogP contribution in [0, 0.1) is 0 Å². The highest BCUT2D eigenvalue weighted by molar-refractivity contribution is 7.16. The van der Waals surface area contributed by atoms with Crippen molar-refractivity contribution in [2.45, 2.75) is 32.6 Å². The van der Waals surface area contributed by atoms with Gasteiger partial charge in [-0.05, 0) is 68.5 Å². The molecule has 0 unspecified atom stereocenters. The van der Waals surface area contributed by atoms with E-state index in [0.717, 1.165) is 36.1 Å². The number of carbonyl (C=O) groups excluding carboxylic acids is 3. The molecular formula is C27H24ClN3O4S. The Morgan fingerprint density at radius 3 is 2.64 bits per heavy atom. The first kappa shape index (κ1) is 24.2. The van der Waals surface area contributed by atoms with Gasteiger partial charge in [0.15, 0.2) is 0 Å². The third-order valence-corrected chi connectivity index (χ3v) is 7.62. The summed E-state index contributed by atoms with van der Waals surface area (Å²) >= 11 is 7.44. The van der Waals surface area contributed by atoms with Crippen LogP contribution in [-0.2, 0) is 27.2 Å². The molecule has 0 saturated carbocycles. The number of fused-ring (bicyclic) bond motifs is 2. The van der Waals surface area contributed by atoms with Crippen LogP contribution in [0.1, 0.15) is 46.1 Å². The van der Waals surface area contributed by atoms with E-state index in [1.807, 2.05) is 12.1 Å². The lowest BCUT2D eigenvalue weighted by atomic mass is 9.95. The summed E-state index contributed by atoms with van der Waals surface area (Å²) in [4.78, 5) is 46.4. The first-order chi connectivity index (χ1) is 17.5. The summed E-state index contributed by atoms with van der Waals surface area (Å²) in [5.74, 6) is -1.14. The van der Waals surface area contributed by atoms with E-state index < -0.39 is 5.97 Å². The fourth-order valence-electron chi connectivity index (χ4n) is 4.56. The van der Waals surface area contributed by atoms with Crippen molar-refractivity contribution in [2.24, 2.45) is 4.99 Å². The maximum absolute atomic E-state index is 13.5. The Morgan fingerprint density at radius 2 is 1.86 bits per heavy atom. The molecular weight excluding hydrogens is 498 g/mol. The highest BCUT2D eigenvalue weighted by Crippen LogP contribution is 2.42. The zero-order chi connectivity index (χ0) is 25.2. The van der Waals surface area contributed by atoms with Crippen LogP contribution in [0.25, 0.3) is 0 Å². The van der Waals surface area contributed by atoms with Gasteiger partial charge in [-0.15, -0.1) is 11.3 Å². The number of hydrogen-bond acceptors (Lipinski definition) is 6. The zero-order valence-corrected chi connectivity index (χ0v) is 21.2. The highest BCUT2D eigenvalue weighted by Gasteiger charge is 2.36. The van der Waals surface area contributed by atoms with Crippen LogP contribution in [0.4, 0.5) is 16.4 Å². The number of para-hydroxylation sites is 1. The third-order valence-electron chi connectivity index (χ3n) is 6.19. The van der Waals surface area contributed by atoms with Crippen LogP contribution in [0.5, 0.6) is 0 Å². The Kier molecular flexibility index (Phi) is 6.89. The van der Waals surface area contributed by atoms with Crippen molar-refractivity contribution in [3.05, 3.63) is 75.1 Å². The Hall–Kier alpha value is -3.49. The number of halogens is 1. The Morgan fingerprint density at radius 1 is 1.11 bits per heavy atom. The second kappa shape index (κ2) is 10.2. The maximum Gasteiger partial charge on any atom is 0.326 e. The average Bonchev–Trinajstić information content (AvgIpc) is 3.36. The molecule has 1 aromatic heterocycles.